The molecule has 0 saturated carbocycles. The molecule has 0 aromatic rings. The lowest BCUT2D eigenvalue weighted by Gasteiger charge is -2.31. The normalized spacial score (nSPS) is 23.8. The minimum atomic E-state index is -3.41. The molecule has 0 bridgehead atoms. The summed E-state index contributed by atoms with van der Waals surface area (Å²) in [5.74, 6) is -1.50. The van der Waals surface area contributed by atoms with Crippen molar-refractivity contribution in [3.05, 3.63) is 0 Å². The highest BCUT2D eigenvalue weighted by atomic mass is 32.2. The highest BCUT2D eigenvalue weighted by molar-refractivity contribution is 7.89. The SMILES string of the molecule is COCCC(C)S(=O)(=O)N1CCCC(C(=O)O)C1. The monoisotopic (exact) mass is 279 g/mol. The Bertz CT molecular complexity index is 381. The molecule has 0 amide bonds. The number of aliphatic carboxylic acids is 1. The van der Waals surface area contributed by atoms with Gasteiger partial charge in [0.2, 0.25) is 10.0 Å². The van der Waals surface area contributed by atoms with E-state index >= 15 is 0 Å². The van der Waals surface area contributed by atoms with Gasteiger partial charge in [-0.2, -0.15) is 0 Å². The van der Waals surface area contributed by atoms with Crippen LogP contribution in [0.25, 0.3) is 0 Å². The van der Waals surface area contributed by atoms with Crippen molar-refractivity contribution in [3.8, 4) is 0 Å². The number of hydrogen-bond acceptors (Lipinski definition) is 4. The van der Waals surface area contributed by atoms with Crippen LogP contribution >= 0.6 is 0 Å². The molecule has 7 heteroatoms. The Balaban J connectivity index is 2.69. The number of carboxylic acids is 1. The Morgan fingerprint density at radius 1 is 1.56 bits per heavy atom. The molecule has 0 aromatic carbocycles. The van der Waals surface area contributed by atoms with Crippen molar-refractivity contribution < 1.29 is 23.1 Å². The van der Waals surface area contributed by atoms with Gasteiger partial charge in [-0.05, 0) is 26.2 Å². The van der Waals surface area contributed by atoms with E-state index < -0.39 is 27.2 Å². The predicted octanol–water partition coefficient (Wildman–Crippen LogP) is 0.538. The molecule has 1 N–H and O–H groups in total. The first kappa shape index (κ1) is 15.4. The second kappa shape index (κ2) is 6.49. The average Bonchev–Trinajstić information content (AvgIpc) is 2.35. The molecule has 0 spiro atoms. The Morgan fingerprint density at radius 2 is 2.22 bits per heavy atom. The van der Waals surface area contributed by atoms with Crippen LogP contribution in [0, 0.1) is 5.92 Å². The van der Waals surface area contributed by atoms with Gasteiger partial charge < -0.3 is 9.84 Å². The fraction of sp³-hybridized carbons (Fsp3) is 0.909. The van der Waals surface area contributed by atoms with Crippen molar-refractivity contribution in [2.45, 2.75) is 31.4 Å². The number of carboxylic acid groups (broad SMARTS) is 1. The number of ether oxygens (including phenoxy) is 1. The van der Waals surface area contributed by atoms with Crippen molar-refractivity contribution in [1.82, 2.24) is 4.31 Å². The lowest BCUT2D eigenvalue weighted by Crippen LogP contribution is -2.45. The minimum absolute atomic E-state index is 0.0923. The van der Waals surface area contributed by atoms with Crippen LogP contribution in [-0.4, -0.2) is 55.9 Å². The second-order valence-corrected chi connectivity index (χ2v) is 7.02. The molecule has 106 valence electrons. The highest BCUT2D eigenvalue weighted by Crippen LogP contribution is 2.22. The van der Waals surface area contributed by atoms with Gasteiger partial charge >= 0.3 is 5.97 Å². The van der Waals surface area contributed by atoms with E-state index in [0.717, 1.165) is 0 Å². The summed E-state index contributed by atoms with van der Waals surface area (Å²) in [6.45, 7) is 2.54. The first-order valence-electron chi connectivity index (χ1n) is 6.10. The van der Waals surface area contributed by atoms with E-state index in [1.54, 1.807) is 6.92 Å². The third-order valence-corrected chi connectivity index (χ3v) is 5.63. The van der Waals surface area contributed by atoms with Crippen LogP contribution in [0.3, 0.4) is 0 Å². The zero-order valence-corrected chi connectivity index (χ0v) is 11.6. The van der Waals surface area contributed by atoms with Crippen LogP contribution in [0.5, 0.6) is 0 Å². The summed E-state index contributed by atoms with van der Waals surface area (Å²) in [5, 5.41) is 8.42. The predicted molar refractivity (Wildman–Crippen MR) is 66.8 cm³/mol. The van der Waals surface area contributed by atoms with E-state index in [4.69, 9.17) is 9.84 Å². The topological polar surface area (TPSA) is 83.9 Å². The maximum atomic E-state index is 12.2. The van der Waals surface area contributed by atoms with Gasteiger partial charge in [0.25, 0.3) is 0 Å². The summed E-state index contributed by atoms with van der Waals surface area (Å²) in [5.41, 5.74) is 0. The molecular formula is C11H21NO5S. The first-order valence-corrected chi connectivity index (χ1v) is 7.60. The number of nitrogens with zero attached hydrogens (tertiary/aromatic N) is 1. The summed E-state index contributed by atoms with van der Waals surface area (Å²) in [7, 11) is -1.88. The van der Waals surface area contributed by atoms with Crippen LogP contribution < -0.4 is 0 Å². The van der Waals surface area contributed by atoms with Gasteiger partial charge in [-0.25, -0.2) is 12.7 Å². The molecule has 1 saturated heterocycles. The van der Waals surface area contributed by atoms with E-state index in [-0.39, 0.29) is 6.54 Å². The van der Waals surface area contributed by atoms with Gasteiger partial charge in [-0.3, -0.25) is 4.79 Å². The molecular weight excluding hydrogens is 258 g/mol. The fourth-order valence-corrected chi connectivity index (χ4v) is 3.74. The lowest BCUT2D eigenvalue weighted by molar-refractivity contribution is -0.142. The van der Waals surface area contributed by atoms with Gasteiger partial charge in [-0.15, -0.1) is 0 Å². The highest BCUT2D eigenvalue weighted by Gasteiger charge is 2.34. The molecule has 1 rings (SSSR count). The smallest absolute Gasteiger partial charge is 0.307 e. The quantitative estimate of drug-likeness (QED) is 0.767. The van der Waals surface area contributed by atoms with Gasteiger partial charge in [0.1, 0.15) is 0 Å². The number of piperidine rings is 1. The maximum Gasteiger partial charge on any atom is 0.307 e. The van der Waals surface area contributed by atoms with E-state index in [0.29, 0.717) is 32.4 Å². The number of hydrogen-bond donors (Lipinski definition) is 1. The summed E-state index contributed by atoms with van der Waals surface area (Å²) < 4.78 is 30.7. The summed E-state index contributed by atoms with van der Waals surface area (Å²) >= 11 is 0. The van der Waals surface area contributed by atoms with Crippen LogP contribution in [0.2, 0.25) is 0 Å². The van der Waals surface area contributed by atoms with Crippen molar-refractivity contribution in [1.29, 1.82) is 0 Å². The number of methoxy groups -OCH3 is 1. The minimum Gasteiger partial charge on any atom is -0.481 e. The van der Waals surface area contributed by atoms with E-state index in [1.165, 1.54) is 11.4 Å². The zero-order chi connectivity index (χ0) is 13.8. The largest absolute Gasteiger partial charge is 0.481 e. The van der Waals surface area contributed by atoms with Gasteiger partial charge in [0.15, 0.2) is 0 Å². The van der Waals surface area contributed by atoms with Gasteiger partial charge in [0.05, 0.1) is 11.2 Å². The number of carbonyl (C=O) groups is 1. The van der Waals surface area contributed by atoms with E-state index in [2.05, 4.69) is 0 Å². The molecule has 1 heterocycles. The van der Waals surface area contributed by atoms with Crippen LogP contribution in [0.1, 0.15) is 26.2 Å². The standard InChI is InChI=1S/C11H21NO5S/c1-9(5-7-17-2)18(15,16)12-6-3-4-10(8-12)11(13)14/h9-10H,3-8H2,1-2H3,(H,13,14). The van der Waals surface area contributed by atoms with Crippen LogP contribution in [0.15, 0.2) is 0 Å². The first-order chi connectivity index (χ1) is 8.39. The third-order valence-electron chi connectivity index (χ3n) is 3.33. The molecule has 6 nitrogen and oxygen atoms in total. The van der Waals surface area contributed by atoms with Crippen LogP contribution in [0.4, 0.5) is 0 Å². The average molecular weight is 279 g/mol. The number of sulfonamides is 1. The molecule has 0 aromatic heterocycles. The van der Waals surface area contributed by atoms with Crippen molar-refractivity contribution in [3.63, 3.8) is 0 Å². The summed E-state index contributed by atoms with van der Waals surface area (Å²) in [4.78, 5) is 10.9. The molecule has 2 atom stereocenters. The third kappa shape index (κ3) is 3.66. The lowest BCUT2D eigenvalue weighted by atomic mass is 10.0. The molecule has 1 aliphatic heterocycles. The molecule has 0 aliphatic carbocycles. The zero-order valence-electron chi connectivity index (χ0n) is 10.8. The molecule has 18 heavy (non-hydrogen) atoms. The second-order valence-electron chi connectivity index (χ2n) is 4.67. The van der Waals surface area contributed by atoms with E-state index in [9.17, 15) is 13.2 Å². The molecule has 1 aliphatic rings. The fourth-order valence-electron chi connectivity index (χ4n) is 2.06. The van der Waals surface area contributed by atoms with Crippen LogP contribution in [-0.2, 0) is 19.6 Å². The Morgan fingerprint density at radius 3 is 2.78 bits per heavy atom. The van der Waals surface area contributed by atoms with Crippen molar-refractivity contribution >= 4 is 16.0 Å². The Hall–Kier alpha value is -0.660. The Labute approximate surface area is 108 Å². The summed E-state index contributed by atoms with van der Waals surface area (Å²) in [6.07, 6.45) is 1.58. The van der Waals surface area contributed by atoms with Gasteiger partial charge in [0, 0.05) is 26.8 Å². The van der Waals surface area contributed by atoms with Gasteiger partial charge in [-0.1, -0.05) is 0 Å². The molecule has 0 radical (unpaired) electrons. The Kier molecular flexibility index (Phi) is 5.55. The van der Waals surface area contributed by atoms with E-state index in [1.807, 2.05) is 0 Å². The summed E-state index contributed by atoms with van der Waals surface area (Å²) in [6, 6.07) is 0. The maximum absolute atomic E-state index is 12.2. The molecule has 1 fully saturated rings. The van der Waals surface area contributed by atoms with Crippen molar-refractivity contribution in [2.75, 3.05) is 26.8 Å². The van der Waals surface area contributed by atoms with Crippen molar-refractivity contribution in [2.24, 2.45) is 5.92 Å². The molecule has 2 unspecified atom stereocenters. The number of rotatable bonds is 6.